The Hall–Kier alpha value is -4.21. The highest BCUT2D eigenvalue weighted by atomic mass is 16.4. The van der Waals surface area contributed by atoms with Gasteiger partial charge in [-0.2, -0.15) is 4.98 Å². The maximum absolute atomic E-state index is 12.3. The topological polar surface area (TPSA) is 182 Å². The molecule has 7 N–H and O–H groups in total. The monoisotopic (exact) mass is 437 g/mol. The number of anilines is 2. The molecule has 0 unspecified atom stereocenters. The summed E-state index contributed by atoms with van der Waals surface area (Å²) >= 11 is 0. The van der Waals surface area contributed by atoms with Gasteiger partial charge in [0, 0.05) is 17.4 Å². The van der Waals surface area contributed by atoms with Crippen molar-refractivity contribution in [3.63, 3.8) is 0 Å². The fourth-order valence-corrected chi connectivity index (χ4v) is 3.25. The van der Waals surface area contributed by atoms with Crippen LogP contribution in [0.25, 0.3) is 10.9 Å². The summed E-state index contributed by atoms with van der Waals surface area (Å²) in [6.07, 6.45) is 0.888. The Kier molecular flexibility index (Phi) is 6.83. The van der Waals surface area contributed by atoms with E-state index < -0.39 is 23.9 Å². The van der Waals surface area contributed by atoms with E-state index in [1.165, 1.54) is 0 Å². The molecular formula is C22H23N5O5. The van der Waals surface area contributed by atoms with Crippen LogP contribution in [0, 0.1) is 0 Å². The molecule has 0 saturated carbocycles. The second-order valence-electron chi connectivity index (χ2n) is 7.31. The summed E-state index contributed by atoms with van der Waals surface area (Å²) in [7, 11) is 0. The van der Waals surface area contributed by atoms with E-state index in [1.54, 1.807) is 24.3 Å². The summed E-state index contributed by atoms with van der Waals surface area (Å²) in [5, 5.41) is 21.0. The Balaban J connectivity index is 1.62. The molecule has 0 radical (unpaired) electrons. The Morgan fingerprint density at radius 3 is 2.25 bits per heavy atom. The lowest BCUT2D eigenvalue weighted by Gasteiger charge is -2.13. The summed E-state index contributed by atoms with van der Waals surface area (Å²) in [6, 6.07) is 11.2. The highest BCUT2D eigenvalue weighted by Gasteiger charge is 2.21. The van der Waals surface area contributed by atoms with Gasteiger partial charge in [0.2, 0.25) is 5.95 Å². The van der Waals surface area contributed by atoms with Gasteiger partial charge >= 0.3 is 11.9 Å². The number of carboxylic acids is 2. The standard InChI is InChI=1S/C22H23N5O5/c23-19-15-11-13(5-8-16(15)26-22(24)27-19)2-1-12-3-6-14(7-4-12)20(30)25-17(21(31)32)9-10-18(28)29/h3-8,11,17H,1-2,9-10H2,(H,25,30)(H,28,29)(H,31,32)(H4,23,24,26,27)/t17-/m0/s1. The number of rotatable bonds is 9. The fraction of sp³-hybridized carbons (Fsp3) is 0.227. The minimum Gasteiger partial charge on any atom is -0.481 e. The molecule has 32 heavy (non-hydrogen) atoms. The van der Waals surface area contributed by atoms with Crippen LogP contribution >= 0.6 is 0 Å². The molecular weight excluding hydrogens is 414 g/mol. The summed E-state index contributed by atoms with van der Waals surface area (Å²) in [5.41, 5.74) is 14.6. The lowest BCUT2D eigenvalue weighted by atomic mass is 10.0. The smallest absolute Gasteiger partial charge is 0.326 e. The number of nitrogens with one attached hydrogen (secondary N) is 1. The zero-order valence-electron chi connectivity index (χ0n) is 17.1. The summed E-state index contributed by atoms with van der Waals surface area (Å²) in [4.78, 5) is 42.4. The van der Waals surface area contributed by atoms with E-state index in [1.807, 2.05) is 18.2 Å². The van der Waals surface area contributed by atoms with Gasteiger partial charge in [0.15, 0.2) is 0 Å². The van der Waals surface area contributed by atoms with E-state index in [4.69, 9.17) is 16.6 Å². The highest BCUT2D eigenvalue weighted by molar-refractivity contribution is 5.96. The normalized spacial score (nSPS) is 11.8. The van der Waals surface area contributed by atoms with Gasteiger partial charge in [-0.15, -0.1) is 0 Å². The van der Waals surface area contributed by atoms with Gasteiger partial charge in [-0.25, -0.2) is 9.78 Å². The number of benzene rings is 2. The van der Waals surface area contributed by atoms with Crippen LogP contribution in [0.15, 0.2) is 42.5 Å². The molecule has 10 heteroatoms. The van der Waals surface area contributed by atoms with E-state index in [9.17, 15) is 19.5 Å². The van der Waals surface area contributed by atoms with Crippen LogP contribution in [0.1, 0.15) is 34.3 Å². The summed E-state index contributed by atoms with van der Waals surface area (Å²) in [5.74, 6) is -2.52. The second kappa shape index (κ2) is 9.73. The van der Waals surface area contributed by atoms with Crippen molar-refractivity contribution in [1.29, 1.82) is 0 Å². The maximum Gasteiger partial charge on any atom is 0.326 e. The molecule has 3 rings (SSSR count). The third kappa shape index (κ3) is 5.69. The minimum absolute atomic E-state index is 0.128. The molecule has 0 bridgehead atoms. The van der Waals surface area contributed by atoms with Crippen molar-refractivity contribution >= 4 is 40.5 Å². The molecule has 0 fully saturated rings. The van der Waals surface area contributed by atoms with Gasteiger partial charge in [-0.1, -0.05) is 18.2 Å². The molecule has 0 aliphatic rings. The third-order valence-electron chi connectivity index (χ3n) is 4.98. The minimum atomic E-state index is -1.28. The molecule has 0 aliphatic carbocycles. The van der Waals surface area contributed by atoms with Gasteiger partial charge in [-0.05, 0) is 54.7 Å². The van der Waals surface area contributed by atoms with Crippen molar-refractivity contribution in [2.24, 2.45) is 0 Å². The quantitative estimate of drug-likeness (QED) is 0.332. The van der Waals surface area contributed by atoms with E-state index >= 15 is 0 Å². The molecule has 166 valence electrons. The average Bonchev–Trinajstić information content (AvgIpc) is 2.75. The number of hydrogen-bond donors (Lipinski definition) is 5. The lowest BCUT2D eigenvalue weighted by molar-refractivity contribution is -0.140. The van der Waals surface area contributed by atoms with Crippen molar-refractivity contribution in [3.05, 3.63) is 59.2 Å². The number of carbonyl (C=O) groups excluding carboxylic acids is 1. The third-order valence-corrected chi connectivity index (χ3v) is 4.98. The van der Waals surface area contributed by atoms with Crippen molar-refractivity contribution in [1.82, 2.24) is 15.3 Å². The first-order valence-corrected chi connectivity index (χ1v) is 9.89. The molecule has 1 atom stereocenters. The van der Waals surface area contributed by atoms with Crippen LogP contribution in [-0.2, 0) is 22.4 Å². The Bertz CT molecular complexity index is 1160. The molecule has 2 aromatic carbocycles. The predicted molar refractivity (Wildman–Crippen MR) is 118 cm³/mol. The number of amides is 1. The first-order chi connectivity index (χ1) is 15.2. The zero-order valence-corrected chi connectivity index (χ0v) is 17.1. The first-order valence-electron chi connectivity index (χ1n) is 9.89. The zero-order chi connectivity index (χ0) is 23.3. The van der Waals surface area contributed by atoms with Crippen molar-refractivity contribution in [2.45, 2.75) is 31.7 Å². The number of nitrogen functional groups attached to an aromatic ring is 2. The average molecular weight is 437 g/mol. The van der Waals surface area contributed by atoms with Crippen LogP contribution in [0.4, 0.5) is 11.8 Å². The fourth-order valence-electron chi connectivity index (χ4n) is 3.25. The van der Waals surface area contributed by atoms with E-state index in [-0.39, 0.29) is 18.8 Å². The van der Waals surface area contributed by atoms with Crippen LogP contribution in [0.5, 0.6) is 0 Å². The number of fused-ring (bicyclic) bond motifs is 1. The first kappa shape index (κ1) is 22.5. The van der Waals surface area contributed by atoms with E-state index in [0.29, 0.717) is 23.3 Å². The van der Waals surface area contributed by atoms with Crippen molar-refractivity contribution in [2.75, 3.05) is 11.5 Å². The van der Waals surface area contributed by atoms with Gasteiger partial charge in [0.1, 0.15) is 11.9 Å². The molecule has 1 heterocycles. The van der Waals surface area contributed by atoms with Gasteiger partial charge in [0.25, 0.3) is 5.91 Å². The van der Waals surface area contributed by atoms with Gasteiger partial charge in [-0.3, -0.25) is 9.59 Å². The molecule has 1 aromatic heterocycles. The number of hydrogen-bond acceptors (Lipinski definition) is 7. The molecule has 10 nitrogen and oxygen atoms in total. The predicted octanol–water partition coefficient (Wildman–Crippen LogP) is 1.63. The highest BCUT2D eigenvalue weighted by Crippen LogP contribution is 2.21. The number of carbonyl (C=O) groups is 3. The van der Waals surface area contributed by atoms with Gasteiger partial charge in [0.05, 0.1) is 5.52 Å². The summed E-state index contributed by atoms with van der Waals surface area (Å²) < 4.78 is 0. The van der Waals surface area contributed by atoms with Crippen molar-refractivity contribution in [3.8, 4) is 0 Å². The molecule has 0 spiro atoms. The number of aryl methyl sites for hydroxylation is 2. The van der Waals surface area contributed by atoms with Crippen LogP contribution < -0.4 is 16.8 Å². The van der Waals surface area contributed by atoms with Gasteiger partial charge < -0.3 is 27.0 Å². The number of nitrogens with zero attached hydrogens (tertiary/aromatic N) is 2. The molecule has 3 aromatic rings. The number of aromatic nitrogens is 2. The van der Waals surface area contributed by atoms with Crippen LogP contribution in [-0.4, -0.2) is 44.1 Å². The molecule has 0 saturated heterocycles. The van der Waals surface area contributed by atoms with Crippen LogP contribution in [0.2, 0.25) is 0 Å². The SMILES string of the molecule is Nc1nc(N)c2cc(CCc3ccc(C(=O)N[C@@H](CCC(=O)O)C(=O)O)cc3)ccc2n1. The van der Waals surface area contributed by atoms with Crippen LogP contribution in [0.3, 0.4) is 0 Å². The second-order valence-corrected chi connectivity index (χ2v) is 7.31. The number of nitrogens with two attached hydrogens (primary N) is 2. The molecule has 1 amide bonds. The van der Waals surface area contributed by atoms with E-state index in [2.05, 4.69) is 15.3 Å². The Labute approximate surface area is 183 Å². The molecule has 0 aliphatic heterocycles. The largest absolute Gasteiger partial charge is 0.481 e. The summed E-state index contributed by atoms with van der Waals surface area (Å²) in [6.45, 7) is 0. The van der Waals surface area contributed by atoms with Crippen molar-refractivity contribution < 1.29 is 24.6 Å². The lowest BCUT2D eigenvalue weighted by Crippen LogP contribution is -2.41. The van der Waals surface area contributed by atoms with E-state index in [0.717, 1.165) is 22.9 Å². The number of aliphatic carboxylic acids is 2. The Morgan fingerprint density at radius 1 is 0.938 bits per heavy atom. The number of carboxylic acid groups (broad SMARTS) is 2. The maximum atomic E-state index is 12.3. The Morgan fingerprint density at radius 2 is 1.59 bits per heavy atom.